The topological polar surface area (TPSA) is 69.4 Å². The van der Waals surface area contributed by atoms with E-state index in [-0.39, 0.29) is 17.9 Å². The highest BCUT2D eigenvalue weighted by Crippen LogP contribution is 2.29. The molecule has 5 nitrogen and oxygen atoms in total. The van der Waals surface area contributed by atoms with Gasteiger partial charge in [0.05, 0.1) is 17.1 Å². The van der Waals surface area contributed by atoms with Crippen LogP contribution in [-0.2, 0) is 10.5 Å². The number of esters is 1. The van der Waals surface area contributed by atoms with Crippen LogP contribution >= 0.6 is 23.4 Å². The lowest BCUT2D eigenvalue weighted by atomic mass is 10.1. The van der Waals surface area contributed by atoms with E-state index in [1.165, 1.54) is 17.8 Å². The summed E-state index contributed by atoms with van der Waals surface area (Å²) in [7, 11) is 0. The van der Waals surface area contributed by atoms with Crippen LogP contribution in [0.3, 0.4) is 0 Å². The molecule has 0 spiro atoms. The van der Waals surface area contributed by atoms with Gasteiger partial charge < -0.3 is 4.74 Å². The molecule has 0 aliphatic carbocycles. The fourth-order valence-electron chi connectivity index (χ4n) is 1.89. The van der Waals surface area contributed by atoms with E-state index in [1.807, 2.05) is 12.1 Å². The van der Waals surface area contributed by atoms with Gasteiger partial charge in [-0.25, -0.2) is 4.79 Å². The smallest absolute Gasteiger partial charge is 0.338 e. The number of carbonyl (C=O) groups is 1. The number of ether oxygens (including phenoxy) is 1. The third-order valence-electron chi connectivity index (χ3n) is 3.00. The Morgan fingerprint density at radius 2 is 1.96 bits per heavy atom. The Labute approximate surface area is 142 Å². The first-order chi connectivity index (χ1) is 11.0. The molecular weight excluding hydrogens is 338 g/mol. The van der Waals surface area contributed by atoms with Gasteiger partial charge in [0.1, 0.15) is 0 Å². The van der Waals surface area contributed by atoms with Crippen LogP contribution in [0.15, 0.2) is 47.4 Å². The van der Waals surface area contributed by atoms with Gasteiger partial charge in [0, 0.05) is 27.3 Å². The number of hydrogen-bond donors (Lipinski definition) is 0. The molecule has 0 saturated heterocycles. The molecule has 0 heterocycles. The molecule has 0 aliphatic rings. The Bertz CT molecular complexity index is 719. The highest BCUT2D eigenvalue weighted by molar-refractivity contribution is 7.98. The van der Waals surface area contributed by atoms with E-state index in [4.69, 9.17) is 16.3 Å². The molecule has 0 aliphatic heterocycles. The minimum Gasteiger partial charge on any atom is -0.462 e. The van der Waals surface area contributed by atoms with Crippen molar-refractivity contribution in [3.05, 3.63) is 68.7 Å². The molecule has 0 fully saturated rings. The highest BCUT2D eigenvalue weighted by atomic mass is 35.5. The molecule has 0 radical (unpaired) electrons. The van der Waals surface area contributed by atoms with Gasteiger partial charge in [-0.05, 0) is 37.3 Å². The Kier molecular flexibility index (Phi) is 6.01. The van der Waals surface area contributed by atoms with E-state index >= 15 is 0 Å². The summed E-state index contributed by atoms with van der Waals surface area (Å²) in [5.41, 5.74) is 0.638. The highest BCUT2D eigenvalue weighted by Gasteiger charge is 2.18. The molecule has 23 heavy (non-hydrogen) atoms. The van der Waals surface area contributed by atoms with Crippen LogP contribution in [0.25, 0.3) is 0 Å². The monoisotopic (exact) mass is 351 g/mol. The van der Waals surface area contributed by atoms with E-state index in [9.17, 15) is 14.9 Å². The lowest BCUT2D eigenvalue weighted by molar-refractivity contribution is -0.385. The van der Waals surface area contributed by atoms with Gasteiger partial charge in [0.25, 0.3) is 5.69 Å². The fourth-order valence-corrected chi connectivity index (χ4v) is 2.91. The number of benzene rings is 2. The first-order valence-corrected chi connectivity index (χ1v) is 8.20. The van der Waals surface area contributed by atoms with Crippen molar-refractivity contribution < 1.29 is 14.5 Å². The SMILES string of the molecule is CCOC(=O)c1ccc(CSc2ccc(Cl)cc2)c([N+](=O)[O-])c1. The van der Waals surface area contributed by atoms with E-state index in [0.717, 1.165) is 4.90 Å². The second-order valence-corrected chi connectivity index (χ2v) is 6.05. The lowest BCUT2D eigenvalue weighted by Crippen LogP contribution is -2.06. The maximum Gasteiger partial charge on any atom is 0.338 e. The normalized spacial score (nSPS) is 10.3. The van der Waals surface area contributed by atoms with Crippen molar-refractivity contribution in [2.45, 2.75) is 17.6 Å². The second-order valence-electron chi connectivity index (χ2n) is 4.56. The summed E-state index contributed by atoms with van der Waals surface area (Å²) >= 11 is 7.29. The van der Waals surface area contributed by atoms with Crippen molar-refractivity contribution in [1.82, 2.24) is 0 Å². The minimum absolute atomic E-state index is 0.0861. The van der Waals surface area contributed by atoms with Crippen LogP contribution in [0.4, 0.5) is 5.69 Å². The largest absolute Gasteiger partial charge is 0.462 e. The van der Waals surface area contributed by atoms with Crippen LogP contribution in [0.5, 0.6) is 0 Å². The van der Waals surface area contributed by atoms with Crippen molar-refractivity contribution in [1.29, 1.82) is 0 Å². The zero-order valence-electron chi connectivity index (χ0n) is 12.3. The third-order valence-corrected chi connectivity index (χ3v) is 4.31. The molecule has 120 valence electrons. The summed E-state index contributed by atoms with van der Waals surface area (Å²) in [5.74, 6) is -0.145. The summed E-state index contributed by atoms with van der Waals surface area (Å²) in [6, 6.07) is 11.6. The number of thioether (sulfide) groups is 1. The summed E-state index contributed by atoms with van der Waals surface area (Å²) < 4.78 is 4.86. The van der Waals surface area contributed by atoms with Crippen molar-refractivity contribution in [2.75, 3.05) is 6.61 Å². The summed E-state index contributed by atoms with van der Waals surface area (Å²) in [6.45, 7) is 1.91. The second kappa shape index (κ2) is 7.99. The van der Waals surface area contributed by atoms with E-state index in [0.29, 0.717) is 16.3 Å². The Morgan fingerprint density at radius 3 is 2.57 bits per heavy atom. The quantitative estimate of drug-likeness (QED) is 0.326. The summed E-state index contributed by atoms with van der Waals surface area (Å²) in [5, 5.41) is 11.9. The Balaban J connectivity index is 2.19. The molecule has 0 bridgehead atoms. The van der Waals surface area contributed by atoms with Gasteiger partial charge in [-0.15, -0.1) is 11.8 Å². The zero-order chi connectivity index (χ0) is 16.8. The minimum atomic E-state index is -0.562. The fraction of sp³-hybridized carbons (Fsp3) is 0.188. The van der Waals surface area contributed by atoms with Crippen LogP contribution in [0, 0.1) is 10.1 Å². The Hall–Kier alpha value is -2.05. The number of rotatable bonds is 6. The van der Waals surface area contributed by atoms with Crippen molar-refractivity contribution in [3.63, 3.8) is 0 Å². The number of nitrogens with zero attached hydrogens (tertiary/aromatic N) is 1. The molecular formula is C16H14ClNO4S. The van der Waals surface area contributed by atoms with Crippen molar-refractivity contribution >= 4 is 35.0 Å². The van der Waals surface area contributed by atoms with Gasteiger partial charge in [-0.2, -0.15) is 0 Å². The van der Waals surface area contributed by atoms with E-state index < -0.39 is 10.9 Å². The predicted molar refractivity (Wildman–Crippen MR) is 90.1 cm³/mol. The van der Waals surface area contributed by atoms with Gasteiger partial charge in [-0.3, -0.25) is 10.1 Å². The third kappa shape index (κ3) is 4.71. The predicted octanol–water partition coefficient (Wildman–Crippen LogP) is 4.72. The maximum atomic E-state index is 11.7. The number of halogens is 1. The average Bonchev–Trinajstić information content (AvgIpc) is 2.54. The van der Waals surface area contributed by atoms with Crippen molar-refractivity contribution in [2.24, 2.45) is 0 Å². The summed E-state index contributed by atoms with van der Waals surface area (Å²) in [4.78, 5) is 23.4. The summed E-state index contributed by atoms with van der Waals surface area (Å²) in [6.07, 6.45) is 0. The van der Waals surface area contributed by atoms with Crippen LogP contribution in [0.1, 0.15) is 22.8 Å². The van der Waals surface area contributed by atoms with Gasteiger partial charge in [0.2, 0.25) is 0 Å². The number of nitro groups is 1. The Morgan fingerprint density at radius 1 is 1.26 bits per heavy atom. The molecule has 2 aromatic rings. The molecule has 0 amide bonds. The first kappa shape index (κ1) is 17.3. The number of carbonyl (C=O) groups excluding carboxylic acids is 1. The van der Waals surface area contributed by atoms with E-state index in [2.05, 4.69) is 0 Å². The van der Waals surface area contributed by atoms with Crippen LogP contribution in [-0.4, -0.2) is 17.5 Å². The molecule has 2 aromatic carbocycles. The molecule has 0 N–H and O–H groups in total. The molecule has 0 saturated carbocycles. The van der Waals surface area contributed by atoms with Gasteiger partial charge >= 0.3 is 5.97 Å². The zero-order valence-corrected chi connectivity index (χ0v) is 13.9. The molecule has 0 atom stereocenters. The average molecular weight is 352 g/mol. The molecule has 0 aromatic heterocycles. The first-order valence-electron chi connectivity index (χ1n) is 6.84. The van der Waals surface area contributed by atoms with E-state index in [1.54, 1.807) is 31.2 Å². The molecule has 7 heteroatoms. The molecule has 0 unspecified atom stereocenters. The number of hydrogen-bond acceptors (Lipinski definition) is 5. The maximum absolute atomic E-state index is 11.7. The van der Waals surface area contributed by atoms with Gasteiger partial charge in [0.15, 0.2) is 0 Å². The van der Waals surface area contributed by atoms with Crippen LogP contribution < -0.4 is 0 Å². The number of nitro benzene ring substituents is 1. The molecule has 2 rings (SSSR count). The van der Waals surface area contributed by atoms with Crippen molar-refractivity contribution in [3.8, 4) is 0 Å². The van der Waals surface area contributed by atoms with Crippen LogP contribution in [0.2, 0.25) is 5.02 Å². The standard InChI is InChI=1S/C16H14ClNO4S/c1-2-22-16(19)11-3-4-12(15(9-11)18(20)21)10-23-14-7-5-13(17)6-8-14/h3-9H,2,10H2,1H3. The lowest BCUT2D eigenvalue weighted by Gasteiger charge is -2.06. The van der Waals surface area contributed by atoms with Gasteiger partial charge in [-0.1, -0.05) is 17.7 Å².